The Bertz CT molecular complexity index is 265. The van der Waals surface area contributed by atoms with Crippen LogP contribution in [-0.2, 0) is 4.79 Å². The molecule has 0 bridgehead atoms. The lowest BCUT2D eigenvalue weighted by Crippen LogP contribution is -2.65. The molecule has 1 unspecified atom stereocenters. The summed E-state index contributed by atoms with van der Waals surface area (Å²) in [5, 5.41) is 0. The van der Waals surface area contributed by atoms with Crippen molar-refractivity contribution in [3.05, 3.63) is 0 Å². The summed E-state index contributed by atoms with van der Waals surface area (Å²) in [4.78, 5) is 23.3. The molecule has 1 rings (SSSR count). The van der Waals surface area contributed by atoms with Gasteiger partial charge in [-0.25, -0.2) is 9.59 Å². The van der Waals surface area contributed by atoms with Crippen molar-refractivity contribution in [2.75, 3.05) is 6.54 Å². The standard InChI is InChI=1S/C9H17N3O2/c1-6-4-3-5-12(6,9(11)14)8(13)7(2)10/h6-7H,3-5,10H2,1-2H3,(H-,11,14)/p+1/t6-,7+,12?/m1/s1. The zero-order valence-corrected chi connectivity index (χ0v) is 8.69. The molecule has 80 valence electrons. The van der Waals surface area contributed by atoms with Crippen molar-refractivity contribution in [3.63, 3.8) is 0 Å². The first-order valence-electron chi connectivity index (χ1n) is 4.90. The van der Waals surface area contributed by atoms with E-state index in [0.717, 1.165) is 12.8 Å². The van der Waals surface area contributed by atoms with E-state index in [0.29, 0.717) is 6.54 Å². The van der Waals surface area contributed by atoms with E-state index >= 15 is 0 Å². The van der Waals surface area contributed by atoms with Crippen LogP contribution in [0.15, 0.2) is 0 Å². The number of likely N-dealkylation sites (tertiary alicyclic amines) is 1. The number of hydrogen-bond donors (Lipinski definition) is 2. The summed E-state index contributed by atoms with van der Waals surface area (Å²) in [7, 11) is 0. The second kappa shape index (κ2) is 3.67. The van der Waals surface area contributed by atoms with Gasteiger partial charge in [0, 0.05) is 12.8 Å². The fraction of sp³-hybridized carbons (Fsp3) is 0.778. The topological polar surface area (TPSA) is 86.2 Å². The maximum atomic E-state index is 11.9. The Morgan fingerprint density at radius 2 is 2.07 bits per heavy atom. The third-order valence-electron chi connectivity index (χ3n) is 3.06. The number of amides is 3. The molecule has 0 aromatic carbocycles. The lowest BCUT2D eigenvalue weighted by molar-refractivity contribution is -0.784. The lowest BCUT2D eigenvalue weighted by Gasteiger charge is -2.32. The first-order valence-corrected chi connectivity index (χ1v) is 4.90. The highest BCUT2D eigenvalue weighted by atomic mass is 16.2. The number of rotatable bonds is 1. The SMILES string of the molecule is C[C@H](N)C(=O)[N+]1(C(N)=O)CCC[C@H]1C. The van der Waals surface area contributed by atoms with Crippen LogP contribution in [-0.4, -0.2) is 35.0 Å². The van der Waals surface area contributed by atoms with E-state index in [-0.39, 0.29) is 16.4 Å². The van der Waals surface area contributed by atoms with Crippen LogP contribution in [0.2, 0.25) is 0 Å². The van der Waals surface area contributed by atoms with E-state index in [9.17, 15) is 9.59 Å². The van der Waals surface area contributed by atoms with Gasteiger partial charge in [-0.05, 0) is 13.8 Å². The number of primary amides is 1. The molecular formula is C9H18N3O2+. The van der Waals surface area contributed by atoms with Crippen LogP contribution in [0.1, 0.15) is 26.7 Å². The molecule has 1 fully saturated rings. The third-order valence-corrected chi connectivity index (χ3v) is 3.06. The normalized spacial score (nSPS) is 34.1. The average molecular weight is 200 g/mol. The molecule has 0 aliphatic carbocycles. The smallest absolute Gasteiger partial charge is 0.318 e. The van der Waals surface area contributed by atoms with Gasteiger partial charge < -0.3 is 11.5 Å². The predicted molar refractivity (Wildman–Crippen MR) is 52.1 cm³/mol. The Morgan fingerprint density at radius 3 is 2.36 bits per heavy atom. The molecule has 5 nitrogen and oxygen atoms in total. The van der Waals surface area contributed by atoms with Crippen molar-refractivity contribution < 1.29 is 14.1 Å². The van der Waals surface area contributed by atoms with Gasteiger partial charge in [0.1, 0.15) is 12.1 Å². The monoisotopic (exact) mass is 200 g/mol. The second-order valence-corrected chi connectivity index (χ2v) is 4.05. The van der Waals surface area contributed by atoms with E-state index in [1.807, 2.05) is 6.92 Å². The summed E-state index contributed by atoms with van der Waals surface area (Å²) in [6.45, 7) is 3.96. The minimum atomic E-state index is -0.636. The summed E-state index contributed by atoms with van der Waals surface area (Å²) < 4.78 is -0.266. The van der Waals surface area contributed by atoms with Crippen LogP contribution in [0.3, 0.4) is 0 Å². The molecule has 3 amide bonds. The number of carbonyl (C=O) groups is 2. The highest BCUT2D eigenvalue weighted by Gasteiger charge is 2.52. The predicted octanol–water partition coefficient (Wildman–Crippen LogP) is -0.0620. The van der Waals surface area contributed by atoms with Crippen LogP contribution in [0.4, 0.5) is 4.79 Å². The molecule has 0 saturated carbocycles. The molecule has 0 radical (unpaired) electrons. The summed E-state index contributed by atoms with van der Waals surface area (Å²) >= 11 is 0. The van der Waals surface area contributed by atoms with Crippen molar-refractivity contribution in [1.29, 1.82) is 0 Å². The van der Waals surface area contributed by atoms with E-state index in [1.54, 1.807) is 6.92 Å². The average Bonchev–Trinajstić information content (AvgIpc) is 2.46. The Morgan fingerprint density at radius 1 is 1.50 bits per heavy atom. The van der Waals surface area contributed by atoms with Gasteiger partial charge >= 0.3 is 11.9 Å². The summed E-state index contributed by atoms with van der Waals surface area (Å²) in [5.41, 5.74) is 10.8. The van der Waals surface area contributed by atoms with Crippen molar-refractivity contribution >= 4 is 11.9 Å². The van der Waals surface area contributed by atoms with E-state index in [4.69, 9.17) is 11.5 Å². The molecule has 4 N–H and O–H groups in total. The molecule has 3 atom stereocenters. The Kier molecular flexibility index (Phi) is 2.92. The Labute approximate surface area is 83.6 Å². The molecule has 1 heterocycles. The van der Waals surface area contributed by atoms with Gasteiger partial charge in [-0.15, -0.1) is 0 Å². The van der Waals surface area contributed by atoms with Gasteiger partial charge in [-0.2, -0.15) is 4.48 Å². The minimum absolute atomic E-state index is 0.0361. The number of nitrogens with two attached hydrogens (primary N) is 2. The Balaban J connectivity index is 3.05. The van der Waals surface area contributed by atoms with Gasteiger partial charge in [-0.3, -0.25) is 0 Å². The minimum Gasteiger partial charge on any atom is -0.318 e. The van der Waals surface area contributed by atoms with Gasteiger partial charge in [0.25, 0.3) is 0 Å². The van der Waals surface area contributed by atoms with Gasteiger partial charge in [-0.1, -0.05) is 0 Å². The number of nitrogens with zero attached hydrogens (tertiary/aromatic N) is 1. The summed E-state index contributed by atoms with van der Waals surface area (Å²) in [6, 6.07) is -1.24. The quantitative estimate of drug-likeness (QED) is 0.581. The van der Waals surface area contributed by atoms with Crippen LogP contribution in [0.5, 0.6) is 0 Å². The highest BCUT2D eigenvalue weighted by molar-refractivity contribution is 5.86. The van der Waals surface area contributed by atoms with Crippen LogP contribution in [0, 0.1) is 0 Å². The van der Waals surface area contributed by atoms with Gasteiger partial charge in [0.15, 0.2) is 0 Å². The Hall–Kier alpha value is -0.940. The molecule has 1 aliphatic rings. The van der Waals surface area contributed by atoms with E-state index < -0.39 is 12.1 Å². The van der Waals surface area contributed by atoms with Crippen molar-refractivity contribution in [3.8, 4) is 0 Å². The highest BCUT2D eigenvalue weighted by Crippen LogP contribution is 2.27. The number of carbonyl (C=O) groups excluding carboxylic acids is 2. The van der Waals surface area contributed by atoms with Crippen LogP contribution < -0.4 is 11.5 Å². The number of hydrogen-bond acceptors (Lipinski definition) is 3. The molecule has 5 heteroatoms. The molecule has 0 aromatic rings. The fourth-order valence-electron chi connectivity index (χ4n) is 2.20. The van der Waals surface area contributed by atoms with Gasteiger partial charge in [0.05, 0.1) is 6.54 Å². The summed E-state index contributed by atoms with van der Waals surface area (Å²) in [6.07, 6.45) is 1.70. The second-order valence-electron chi connectivity index (χ2n) is 4.05. The maximum Gasteiger partial charge on any atom is 0.421 e. The lowest BCUT2D eigenvalue weighted by atomic mass is 10.2. The fourth-order valence-corrected chi connectivity index (χ4v) is 2.20. The van der Waals surface area contributed by atoms with Crippen molar-refractivity contribution in [2.24, 2.45) is 11.5 Å². The number of urea groups is 1. The van der Waals surface area contributed by atoms with Crippen LogP contribution in [0.25, 0.3) is 0 Å². The van der Waals surface area contributed by atoms with Crippen molar-refractivity contribution in [2.45, 2.75) is 38.8 Å². The molecule has 0 aromatic heterocycles. The molecular weight excluding hydrogens is 182 g/mol. The summed E-state index contributed by atoms with van der Waals surface area (Å²) in [5.74, 6) is -0.262. The van der Waals surface area contributed by atoms with Gasteiger partial charge in [0.2, 0.25) is 0 Å². The number of quaternary nitrogens is 1. The maximum absolute atomic E-state index is 11.9. The van der Waals surface area contributed by atoms with E-state index in [1.165, 1.54) is 0 Å². The zero-order chi connectivity index (χ0) is 10.9. The molecule has 1 aliphatic heterocycles. The van der Waals surface area contributed by atoms with Crippen molar-refractivity contribution in [1.82, 2.24) is 0 Å². The molecule has 1 saturated heterocycles. The molecule has 0 spiro atoms. The zero-order valence-electron chi connectivity index (χ0n) is 8.69. The first-order chi connectivity index (χ1) is 6.43. The molecule has 14 heavy (non-hydrogen) atoms. The number of imide groups is 1. The first kappa shape index (κ1) is 11.1. The van der Waals surface area contributed by atoms with Crippen LogP contribution >= 0.6 is 0 Å². The van der Waals surface area contributed by atoms with E-state index in [2.05, 4.69) is 0 Å². The largest absolute Gasteiger partial charge is 0.421 e. The third kappa shape index (κ3) is 1.42.